The van der Waals surface area contributed by atoms with Gasteiger partial charge in [-0.2, -0.15) is 9.33 Å². The molecule has 0 saturated heterocycles. The second-order valence-electron chi connectivity index (χ2n) is 6.33. The van der Waals surface area contributed by atoms with Crippen LogP contribution in [0.15, 0.2) is 81.8 Å². The molecule has 33 heavy (non-hydrogen) atoms. The Morgan fingerprint density at radius 3 is 2.45 bits per heavy atom. The molecule has 0 aliphatic rings. The van der Waals surface area contributed by atoms with Crippen molar-refractivity contribution >= 4 is 41.5 Å². The molecular formula is C22H20N4O5S2. The zero-order chi connectivity index (χ0) is 23.6. The van der Waals surface area contributed by atoms with Gasteiger partial charge in [-0.3, -0.25) is 9.59 Å². The van der Waals surface area contributed by atoms with Crippen molar-refractivity contribution in [1.82, 2.24) is 4.98 Å². The number of aromatic nitrogens is 1. The first-order chi connectivity index (χ1) is 16.0. The van der Waals surface area contributed by atoms with Crippen molar-refractivity contribution in [1.29, 1.82) is 0 Å². The molecule has 0 fully saturated rings. The van der Waals surface area contributed by atoms with Crippen LogP contribution in [0.3, 0.4) is 0 Å². The van der Waals surface area contributed by atoms with Crippen LogP contribution in [-0.4, -0.2) is 35.5 Å². The molecule has 0 spiro atoms. The Labute approximate surface area is 198 Å². The van der Waals surface area contributed by atoms with Crippen molar-refractivity contribution in [2.75, 3.05) is 12.9 Å². The minimum Gasteiger partial charge on any atom is -0.456 e. The number of thioether (sulfide) groups is 1. The minimum atomic E-state index is -0.604. The third kappa shape index (κ3) is 7.32. The van der Waals surface area contributed by atoms with E-state index >= 15 is 0 Å². The van der Waals surface area contributed by atoms with Crippen LogP contribution in [0.4, 0.5) is 0 Å². The molecule has 0 aliphatic heterocycles. The van der Waals surface area contributed by atoms with Gasteiger partial charge in [0.15, 0.2) is 11.7 Å². The van der Waals surface area contributed by atoms with E-state index in [0.29, 0.717) is 22.0 Å². The molecule has 170 valence electrons. The third-order valence-electron chi connectivity index (χ3n) is 4.01. The van der Waals surface area contributed by atoms with Crippen molar-refractivity contribution < 1.29 is 23.5 Å². The summed E-state index contributed by atoms with van der Waals surface area (Å²) in [6, 6.07) is 16.9. The number of rotatable bonds is 10. The van der Waals surface area contributed by atoms with Crippen molar-refractivity contribution in [2.24, 2.45) is 16.5 Å². The van der Waals surface area contributed by atoms with E-state index < -0.39 is 5.91 Å². The predicted octanol–water partition coefficient (Wildman–Crippen LogP) is 3.85. The molecule has 1 heterocycles. The summed E-state index contributed by atoms with van der Waals surface area (Å²) >= 11 is 2.23. The SMILES string of the molecule is COOSc1cc(C(=O)N=C(N)N)ccc1Oc1ccc(C(=O)CSc2ccccn2)cc1. The van der Waals surface area contributed by atoms with Crippen LogP contribution in [0.5, 0.6) is 11.5 Å². The summed E-state index contributed by atoms with van der Waals surface area (Å²) in [4.78, 5) is 37.3. The number of nitrogens with two attached hydrogens (primary N) is 2. The molecule has 9 nitrogen and oxygen atoms in total. The molecule has 0 radical (unpaired) electrons. The number of guanidine groups is 1. The number of hydrogen-bond acceptors (Lipinski definition) is 8. The van der Waals surface area contributed by atoms with Gasteiger partial charge in [-0.15, -0.1) is 0 Å². The lowest BCUT2D eigenvalue weighted by molar-refractivity contribution is -0.160. The lowest BCUT2D eigenvalue weighted by atomic mass is 10.1. The summed E-state index contributed by atoms with van der Waals surface area (Å²) in [6.45, 7) is 0. The van der Waals surface area contributed by atoms with Crippen LogP contribution in [-0.2, 0) is 9.22 Å². The van der Waals surface area contributed by atoms with Crippen LogP contribution in [0.2, 0.25) is 0 Å². The van der Waals surface area contributed by atoms with Crippen molar-refractivity contribution in [3.8, 4) is 11.5 Å². The highest BCUT2D eigenvalue weighted by Gasteiger charge is 2.14. The molecule has 1 aromatic heterocycles. The maximum atomic E-state index is 12.5. The monoisotopic (exact) mass is 484 g/mol. The first kappa shape index (κ1) is 24.3. The average Bonchev–Trinajstić information content (AvgIpc) is 2.82. The molecule has 3 rings (SSSR count). The van der Waals surface area contributed by atoms with Gasteiger partial charge in [0.25, 0.3) is 5.91 Å². The van der Waals surface area contributed by atoms with Gasteiger partial charge in [0.1, 0.15) is 11.5 Å². The number of aliphatic imine (C=N–C) groups is 1. The fourth-order valence-corrected chi connectivity index (χ4v) is 3.80. The second-order valence-corrected chi connectivity index (χ2v) is 8.07. The molecule has 1 amide bonds. The second kappa shape index (κ2) is 12.0. The Hall–Kier alpha value is -3.38. The first-order valence-corrected chi connectivity index (χ1v) is 11.2. The van der Waals surface area contributed by atoms with Crippen molar-refractivity contribution in [3.63, 3.8) is 0 Å². The summed E-state index contributed by atoms with van der Waals surface area (Å²) in [6.07, 6.45) is 1.69. The van der Waals surface area contributed by atoms with Gasteiger partial charge in [-0.25, -0.2) is 9.87 Å². The standard InChI is InChI=1S/C22H20N4O5S2/c1-29-31-33-19-12-15(21(28)26-22(23)24)7-10-18(19)30-16-8-5-14(6-9-16)17(27)13-32-20-4-2-3-11-25-20/h2-12H,13H2,1H3,(H4,23,24,26,28). The maximum absolute atomic E-state index is 12.5. The topological polar surface area (TPSA) is 139 Å². The number of amides is 1. The van der Waals surface area contributed by atoms with Gasteiger partial charge in [0.2, 0.25) is 0 Å². The van der Waals surface area contributed by atoms with Crippen LogP contribution < -0.4 is 16.2 Å². The molecule has 0 saturated carbocycles. The number of ether oxygens (including phenoxy) is 1. The normalized spacial score (nSPS) is 10.5. The zero-order valence-electron chi connectivity index (χ0n) is 17.5. The van der Waals surface area contributed by atoms with Gasteiger partial charge in [0.05, 0.1) is 34.8 Å². The molecule has 0 aliphatic carbocycles. The van der Waals surface area contributed by atoms with Crippen molar-refractivity contribution in [3.05, 3.63) is 78.0 Å². The Morgan fingerprint density at radius 2 is 1.79 bits per heavy atom. The van der Waals surface area contributed by atoms with Gasteiger partial charge >= 0.3 is 0 Å². The molecule has 11 heteroatoms. The van der Waals surface area contributed by atoms with Gasteiger partial charge < -0.3 is 16.2 Å². The highest BCUT2D eigenvalue weighted by molar-refractivity contribution is 7.99. The van der Waals surface area contributed by atoms with E-state index in [2.05, 4.69) is 14.9 Å². The van der Waals surface area contributed by atoms with Crippen LogP contribution in [0.25, 0.3) is 0 Å². The Kier molecular flexibility index (Phi) is 8.84. The fraction of sp³-hybridized carbons (Fsp3) is 0.0909. The number of benzene rings is 2. The van der Waals surface area contributed by atoms with E-state index in [1.54, 1.807) is 36.5 Å². The molecule has 0 bridgehead atoms. The Morgan fingerprint density at radius 1 is 1.03 bits per heavy atom. The molecule has 2 aromatic carbocycles. The lowest BCUT2D eigenvalue weighted by Crippen LogP contribution is -2.24. The van der Waals surface area contributed by atoms with Gasteiger partial charge in [0, 0.05) is 17.3 Å². The Balaban J connectivity index is 1.70. The molecular weight excluding hydrogens is 464 g/mol. The summed E-state index contributed by atoms with van der Waals surface area (Å²) < 4.78 is 10.8. The average molecular weight is 485 g/mol. The number of ketones is 1. The smallest absolute Gasteiger partial charge is 0.280 e. The first-order valence-electron chi connectivity index (χ1n) is 9.46. The minimum absolute atomic E-state index is 0.0236. The predicted molar refractivity (Wildman–Crippen MR) is 126 cm³/mol. The number of carbonyl (C=O) groups is 2. The third-order valence-corrected chi connectivity index (χ3v) is 5.65. The van der Waals surface area contributed by atoms with E-state index in [1.165, 1.54) is 31.0 Å². The van der Waals surface area contributed by atoms with Crippen molar-refractivity contribution in [2.45, 2.75) is 9.92 Å². The number of hydrogen-bond donors (Lipinski definition) is 2. The number of pyridine rings is 1. The van der Waals surface area contributed by atoms with Gasteiger partial charge in [-0.05, 0) is 54.6 Å². The largest absolute Gasteiger partial charge is 0.456 e. The molecule has 0 unspecified atom stereocenters. The lowest BCUT2D eigenvalue weighted by Gasteiger charge is -2.11. The van der Waals surface area contributed by atoms with E-state index in [-0.39, 0.29) is 23.1 Å². The van der Waals surface area contributed by atoms with Crippen LogP contribution in [0, 0.1) is 0 Å². The summed E-state index contributed by atoms with van der Waals surface area (Å²) in [5, 5.41) is 0.788. The zero-order valence-corrected chi connectivity index (χ0v) is 19.1. The number of carbonyl (C=O) groups excluding carboxylic acids is 2. The van der Waals surface area contributed by atoms with E-state index in [4.69, 9.17) is 20.5 Å². The van der Waals surface area contributed by atoms with E-state index in [1.807, 2.05) is 18.2 Å². The Bertz CT molecular complexity index is 1140. The quantitative estimate of drug-likeness (QED) is 0.0829. The maximum Gasteiger partial charge on any atom is 0.280 e. The van der Waals surface area contributed by atoms with E-state index in [0.717, 1.165) is 17.1 Å². The number of nitrogens with zero attached hydrogens (tertiary/aromatic N) is 2. The molecule has 0 atom stereocenters. The fourth-order valence-electron chi connectivity index (χ4n) is 2.53. The molecule has 3 aromatic rings. The summed E-state index contributed by atoms with van der Waals surface area (Å²) in [5.74, 6) is 0.208. The van der Waals surface area contributed by atoms with Gasteiger partial charge in [-0.1, -0.05) is 17.8 Å². The van der Waals surface area contributed by atoms with Crippen LogP contribution >= 0.6 is 23.8 Å². The summed E-state index contributed by atoms with van der Waals surface area (Å²) in [7, 11) is 1.35. The molecule has 4 N–H and O–H groups in total. The highest BCUT2D eigenvalue weighted by Crippen LogP contribution is 2.34. The summed E-state index contributed by atoms with van der Waals surface area (Å²) in [5.41, 5.74) is 11.3. The highest BCUT2D eigenvalue weighted by atomic mass is 32.2. The van der Waals surface area contributed by atoms with E-state index in [9.17, 15) is 9.59 Å². The number of Topliss-reactive ketones (excluding diaryl/α,β-unsaturated/α-hetero) is 1. The van der Waals surface area contributed by atoms with Crippen LogP contribution in [0.1, 0.15) is 20.7 Å².